The number of quaternary nitrogens is 1. The van der Waals surface area contributed by atoms with Crippen LogP contribution in [0.5, 0.6) is 0 Å². The Labute approximate surface area is 70.5 Å². The molecule has 2 heteroatoms. The SMILES string of the molecule is CCC[N+](C)(C=NC)CCC. The summed E-state index contributed by atoms with van der Waals surface area (Å²) in [5, 5.41) is 0. The van der Waals surface area contributed by atoms with Crippen LogP contribution >= 0.6 is 0 Å². The van der Waals surface area contributed by atoms with E-state index in [1.807, 2.05) is 13.4 Å². The molecule has 0 aromatic heterocycles. The summed E-state index contributed by atoms with van der Waals surface area (Å²) in [6.07, 6.45) is 4.50. The minimum absolute atomic E-state index is 0.990. The van der Waals surface area contributed by atoms with E-state index in [9.17, 15) is 0 Å². The van der Waals surface area contributed by atoms with Crippen molar-refractivity contribution in [3.63, 3.8) is 0 Å². The molecular formula is C9H21N2+. The van der Waals surface area contributed by atoms with E-state index in [2.05, 4.69) is 25.9 Å². The molecule has 0 aliphatic rings. The van der Waals surface area contributed by atoms with Gasteiger partial charge < -0.3 is 0 Å². The number of rotatable bonds is 5. The summed E-state index contributed by atoms with van der Waals surface area (Å²) in [5.41, 5.74) is 0. The Bertz CT molecular complexity index is 113. The molecule has 0 N–H and O–H groups in total. The van der Waals surface area contributed by atoms with Gasteiger partial charge in [-0.05, 0) is 12.8 Å². The molecule has 0 fully saturated rings. The molecule has 0 aliphatic heterocycles. The summed E-state index contributed by atoms with van der Waals surface area (Å²) in [4.78, 5) is 4.09. The van der Waals surface area contributed by atoms with Crippen molar-refractivity contribution in [3.05, 3.63) is 0 Å². The average molecular weight is 157 g/mol. The van der Waals surface area contributed by atoms with Gasteiger partial charge in [0.2, 0.25) is 0 Å². The first kappa shape index (κ1) is 10.6. The fraction of sp³-hybridized carbons (Fsp3) is 0.889. The Balaban J connectivity index is 4.01. The third-order valence-corrected chi connectivity index (χ3v) is 1.86. The van der Waals surface area contributed by atoms with Gasteiger partial charge in [-0.1, -0.05) is 13.8 Å². The highest BCUT2D eigenvalue weighted by Gasteiger charge is 2.15. The van der Waals surface area contributed by atoms with Crippen LogP contribution in [0, 0.1) is 0 Å². The van der Waals surface area contributed by atoms with Gasteiger partial charge in [-0.15, -0.1) is 0 Å². The fourth-order valence-electron chi connectivity index (χ4n) is 1.53. The topological polar surface area (TPSA) is 12.4 Å². The van der Waals surface area contributed by atoms with Crippen molar-refractivity contribution >= 4 is 6.34 Å². The van der Waals surface area contributed by atoms with Crippen molar-refractivity contribution in [2.45, 2.75) is 26.7 Å². The lowest BCUT2D eigenvalue weighted by Crippen LogP contribution is -2.43. The predicted molar refractivity (Wildman–Crippen MR) is 50.9 cm³/mol. The van der Waals surface area contributed by atoms with Gasteiger partial charge in [0.05, 0.1) is 20.1 Å². The molecule has 0 saturated heterocycles. The molecule has 66 valence electrons. The molecule has 0 radical (unpaired) electrons. The molecule has 11 heavy (non-hydrogen) atoms. The van der Waals surface area contributed by atoms with Crippen LogP contribution in [0.25, 0.3) is 0 Å². The maximum absolute atomic E-state index is 4.09. The summed E-state index contributed by atoms with van der Waals surface area (Å²) in [7, 11) is 4.09. The second-order valence-electron chi connectivity index (χ2n) is 3.30. The normalized spacial score (nSPS) is 12.7. The Kier molecular flexibility index (Phi) is 5.12. The van der Waals surface area contributed by atoms with Crippen molar-refractivity contribution in [1.29, 1.82) is 0 Å². The van der Waals surface area contributed by atoms with Crippen LogP contribution in [-0.4, -0.2) is 38.0 Å². The molecule has 0 aliphatic carbocycles. The van der Waals surface area contributed by atoms with Gasteiger partial charge in [-0.2, -0.15) is 0 Å². The van der Waals surface area contributed by atoms with Gasteiger partial charge in [0, 0.05) is 7.05 Å². The van der Waals surface area contributed by atoms with Gasteiger partial charge >= 0.3 is 0 Å². The maximum Gasteiger partial charge on any atom is 0.184 e. The third kappa shape index (κ3) is 4.14. The van der Waals surface area contributed by atoms with Crippen LogP contribution in [0.3, 0.4) is 0 Å². The maximum atomic E-state index is 4.09. The van der Waals surface area contributed by atoms with Gasteiger partial charge in [0.15, 0.2) is 6.34 Å². The van der Waals surface area contributed by atoms with Crippen LogP contribution < -0.4 is 0 Å². The summed E-state index contributed by atoms with van der Waals surface area (Å²) < 4.78 is 0.990. The fourth-order valence-corrected chi connectivity index (χ4v) is 1.53. The van der Waals surface area contributed by atoms with Crippen molar-refractivity contribution < 1.29 is 4.48 Å². The van der Waals surface area contributed by atoms with Crippen LogP contribution in [0.2, 0.25) is 0 Å². The molecule has 0 atom stereocenters. The van der Waals surface area contributed by atoms with E-state index in [1.54, 1.807) is 0 Å². The smallest absolute Gasteiger partial charge is 0.184 e. The summed E-state index contributed by atoms with van der Waals surface area (Å²) in [6.45, 7) is 6.84. The second kappa shape index (κ2) is 5.30. The van der Waals surface area contributed by atoms with Gasteiger partial charge in [0.25, 0.3) is 0 Å². The number of hydrogen-bond donors (Lipinski definition) is 0. The highest BCUT2D eigenvalue weighted by atomic mass is 15.3. The first-order chi connectivity index (χ1) is 5.18. The zero-order valence-corrected chi connectivity index (χ0v) is 8.30. The molecule has 0 bridgehead atoms. The highest BCUT2D eigenvalue weighted by Crippen LogP contribution is 2.01. The second-order valence-corrected chi connectivity index (χ2v) is 3.30. The van der Waals surface area contributed by atoms with Gasteiger partial charge in [0.1, 0.15) is 0 Å². The number of nitrogens with zero attached hydrogens (tertiary/aromatic N) is 2. The van der Waals surface area contributed by atoms with E-state index in [0.717, 1.165) is 4.48 Å². The first-order valence-corrected chi connectivity index (χ1v) is 4.46. The Morgan fingerprint density at radius 1 is 1.18 bits per heavy atom. The first-order valence-electron chi connectivity index (χ1n) is 4.46. The van der Waals surface area contributed by atoms with E-state index in [1.165, 1.54) is 25.9 Å². The van der Waals surface area contributed by atoms with Gasteiger partial charge in [-0.3, -0.25) is 4.48 Å². The molecule has 0 spiro atoms. The van der Waals surface area contributed by atoms with E-state index < -0.39 is 0 Å². The zero-order chi connectivity index (χ0) is 8.74. The summed E-state index contributed by atoms with van der Waals surface area (Å²) in [6, 6.07) is 0. The standard InChI is InChI=1S/C9H21N2/c1-5-7-11(4,8-6-2)9-10-3/h9H,5-8H2,1-4H3/q+1. The van der Waals surface area contributed by atoms with Crippen LogP contribution in [-0.2, 0) is 0 Å². The summed E-state index contributed by atoms with van der Waals surface area (Å²) >= 11 is 0. The molecule has 0 rings (SSSR count). The van der Waals surface area contributed by atoms with Crippen molar-refractivity contribution in [2.24, 2.45) is 4.99 Å². The average Bonchev–Trinajstić information content (AvgIpc) is 1.88. The molecule has 0 amide bonds. The molecular weight excluding hydrogens is 136 g/mol. The Hall–Kier alpha value is -0.370. The van der Waals surface area contributed by atoms with Crippen molar-refractivity contribution in [1.82, 2.24) is 0 Å². The van der Waals surface area contributed by atoms with E-state index in [-0.39, 0.29) is 0 Å². The molecule has 0 heterocycles. The van der Waals surface area contributed by atoms with Crippen LogP contribution in [0.15, 0.2) is 4.99 Å². The Morgan fingerprint density at radius 2 is 1.64 bits per heavy atom. The number of aliphatic imine (C=N–C) groups is 1. The quantitative estimate of drug-likeness (QED) is 0.328. The molecule has 0 saturated carbocycles. The lowest BCUT2D eigenvalue weighted by atomic mass is 10.3. The minimum Gasteiger partial charge on any atom is -0.284 e. The molecule has 0 aromatic carbocycles. The Morgan fingerprint density at radius 3 is 1.91 bits per heavy atom. The number of hydrogen-bond acceptors (Lipinski definition) is 1. The van der Waals surface area contributed by atoms with Crippen molar-refractivity contribution in [3.8, 4) is 0 Å². The van der Waals surface area contributed by atoms with E-state index in [0.29, 0.717) is 0 Å². The third-order valence-electron chi connectivity index (χ3n) is 1.86. The monoisotopic (exact) mass is 157 g/mol. The van der Waals surface area contributed by atoms with E-state index in [4.69, 9.17) is 0 Å². The molecule has 0 aromatic rings. The van der Waals surface area contributed by atoms with Crippen LogP contribution in [0.1, 0.15) is 26.7 Å². The zero-order valence-electron chi connectivity index (χ0n) is 8.30. The summed E-state index contributed by atoms with van der Waals surface area (Å²) in [5.74, 6) is 0. The highest BCUT2D eigenvalue weighted by molar-refractivity contribution is 5.45. The van der Waals surface area contributed by atoms with E-state index >= 15 is 0 Å². The molecule has 0 unspecified atom stereocenters. The largest absolute Gasteiger partial charge is 0.284 e. The molecule has 2 nitrogen and oxygen atoms in total. The van der Waals surface area contributed by atoms with Crippen LogP contribution in [0.4, 0.5) is 0 Å². The lowest BCUT2D eigenvalue weighted by Gasteiger charge is -2.28. The predicted octanol–water partition coefficient (Wildman–Crippen LogP) is 1.91. The van der Waals surface area contributed by atoms with Gasteiger partial charge in [-0.25, -0.2) is 4.99 Å². The minimum atomic E-state index is 0.990. The lowest BCUT2D eigenvalue weighted by molar-refractivity contribution is -0.814. The van der Waals surface area contributed by atoms with Crippen molar-refractivity contribution in [2.75, 3.05) is 27.2 Å².